The van der Waals surface area contributed by atoms with Gasteiger partial charge in [0.25, 0.3) is 0 Å². The number of anilines is 1. The van der Waals surface area contributed by atoms with Gasteiger partial charge in [-0.1, -0.05) is 0 Å². The second kappa shape index (κ2) is 3.62. The van der Waals surface area contributed by atoms with Gasteiger partial charge in [0.05, 0.1) is 0 Å². The van der Waals surface area contributed by atoms with Crippen LogP contribution in [0.2, 0.25) is 0 Å². The van der Waals surface area contributed by atoms with Gasteiger partial charge in [0.1, 0.15) is 11.9 Å². The zero-order chi connectivity index (χ0) is 11.0. The highest BCUT2D eigenvalue weighted by Crippen LogP contribution is 2.31. The number of nitrogens with one attached hydrogen (secondary N) is 2. The smallest absolute Gasteiger partial charge is 0.246 e. The zero-order valence-corrected chi connectivity index (χ0v) is 8.67. The average Bonchev–Trinajstić information content (AvgIpc) is 2.43. The van der Waals surface area contributed by atoms with E-state index in [2.05, 4.69) is 10.6 Å². The second-order valence-electron chi connectivity index (χ2n) is 3.98. The number of amides is 1. The predicted octanol–water partition coefficient (Wildman–Crippen LogP) is 1.82. The molecule has 0 aliphatic carbocycles. The summed E-state index contributed by atoms with van der Waals surface area (Å²) < 4.78 is 13.0. The van der Waals surface area contributed by atoms with Gasteiger partial charge in [0.15, 0.2) is 0 Å². The fraction of sp³-hybridized carbons (Fsp3) is 0.364. The molecule has 0 fully saturated rings. The summed E-state index contributed by atoms with van der Waals surface area (Å²) in [5.74, 6) is -0.440. The van der Waals surface area contributed by atoms with E-state index in [0.717, 1.165) is 0 Å². The van der Waals surface area contributed by atoms with Crippen molar-refractivity contribution in [3.63, 3.8) is 0 Å². The van der Waals surface area contributed by atoms with Gasteiger partial charge in [0, 0.05) is 17.3 Å². The van der Waals surface area contributed by atoms with E-state index in [1.54, 1.807) is 6.07 Å². The summed E-state index contributed by atoms with van der Waals surface area (Å²) in [6, 6.07) is 4.07. The lowest BCUT2D eigenvalue weighted by Crippen LogP contribution is -2.32. The van der Waals surface area contributed by atoms with Gasteiger partial charge >= 0.3 is 0 Å². The Morgan fingerprint density at radius 2 is 2.20 bits per heavy atom. The van der Waals surface area contributed by atoms with Crippen molar-refractivity contribution in [3.8, 4) is 0 Å². The van der Waals surface area contributed by atoms with E-state index in [4.69, 9.17) is 0 Å². The molecule has 0 saturated carbocycles. The van der Waals surface area contributed by atoms with E-state index >= 15 is 0 Å². The fourth-order valence-corrected chi connectivity index (χ4v) is 1.73. The number of hydrogen-bond acceptors (Lipinski definition) is 2. The van der Waals surface area contributed by atoms with Crippen molar-refractivity contribution >= 4 is 11.6 Å². The van der Waals surface area contributed by atoms with Crippen molar-refractivity contribution in [3.05, 3.63) is 29.6 Å². The highest BCUT2D eigenvalue weighted by molar-refractivity contribution is 6.02. The first-order valence-corrected chi connectivity index (χ1v) is 4.94. The molecule has 1 heterocycles. The molecular weight excluding hydrogens is 195 g/mol. The van der Waals surface area contributed by atoms with Crippen molar-refractivity contribution in [2.24, 2.45) is 0 Å². The summed E-state index contributed by atoms with van der Waals surface area (Å²) in [5.41, 5.74) is 1.38. The Kier molecular flexibility index (Phi) is 2.44. The van der Waals surface area contributed by atoms with Gasteiger partial charge < -0.3 is 5.32 Å². The molecule has 1 atom stereocenters. The van der Waals surface area contributed by atoms with E-state index in [9.17, 15) is 9.18 Å². The first kappa shape index (κ1) is 10.1. The van der Waals surface area contributed by atoms with Crippen molar-refractivity contribution in [2.75, 3.05) is 5.32 Å². The summed E-state index contributed by atoms with van der Waals surface area (Å²) in [4.78, 5) is 11.6. The number of carbonyl (C=O) groups is 1. The van der Waals surface area contributed by atoms with E-state index < -0.39 is 6.04 Å². The van der Waals surface area contributed by atoms with Crippen molar-refractivity contribution in [1.29, 1.82) is 0 Å². The fourth-order valence-electron chi connectivity index (χ4n) is 1.73. The van der Waals surface area contributed by atoms with Crippen LogP contribution in [0, 0.1) is 5.82 Å². The highest BCUT2D eigenvalue weighted by atomic mass is 19.1. The first-order valence-electron chi connectivity index (χ1n) is 4.94. The van der Waals surface area contributed by atoms with E-state index in [1.165, 1.54) is 12.1 Å². The SMILES string of the molecule is CC(C)NC1C(=O)Nc2ccc(F)cc21. The maximum Gasteiger partial charge on any atom is 0.246 e. The van der Waals surface area contributed by atoms with Crippen LogP contribution in [0.4, 0.5) is 10.1 Å². The maximum absolute atomic E-state index is 13.0. The van der Waals surface area contributed by atoms with E-state index in [0.29, 0.717) is 11.3 Å². The number of carbonyl (C=O) groups excluding carboxylic acids is 1. The summed E-state index contributed by atoms with van der Waals surface area (Å²) >= 11 is 0. The van der Waals surface area contributed by atoms with Crippen LogP contribution < -0.4 is 10.6 Å². The number of rotatable bonds is 2. The highest BCUT2D eigenvalue weighted by Gasteiger charge is 2.30. The minimum absolute atomic E-state index is 0.121. The third-order valence-corrected chi connectivity index (χ3v) is 2.34. The molecule has 1 aliphatic rings. The minimum atomic E-state index is -0.435. The van der Waals surface area contributed by atoms with Gasteiger partial charge in [-0.05, 0) is 32.0 Å². The van der Waals surface area contributed by atoms with Gasteiger partial charge in [-0.15, -0.1) is 0 Å². The molecule has 80 valence electrons. The van der Waals surface area contributed by atoms with Gasteiger partial charge in [-0.25, -0.2) is 4.39 Å². The van der Waals surface area contributed by atoms with E-state index in [-0.39, 0.29) is 17.8 Å². The second-order valence-corrected chi connectivity index (χ2v) is 3.98. The molecule has 2 N–H and O–H groups in total. The van der Waals surface area contributed by atoms with Crippen LogP contribution in [0.25, 0.3) is 0 Å². The van der Waals surface area contributed by atoms with E-state index in [1.807, 2.05) is 13.8 Å². The molecule has 0 spiro atoms. The molecule has 2 rings (SSSR count). The summed E-state index contributed by atoms with van der Waals surface area (Å²) in [5, 5.41) is 5.81. The van der Waals surface area contributed by atoms with Gasteiger partial charge in [-0.3, -0.25) is 10.1 Å². The van der Waals surface area contributed by atoms with Crippen molar-refractivity contribution in [2.45, 2.75) is 25.9 Å². The Hall–Kier alpha value is -1.42. The molecule has 0 radical (unpaired) electrons. The lowest BCUT2D eigenvalue weighted by molar-refractivity contribution is -0.117. The molecular formula is C11H13FN2O. The Bertz CT molecular complexity index is 404. The monoisotopic (exact) mass is 208 g/mol. The zero-order valence-electron chi connectivity index (χ0n) is 8.67. The Morgan fingerprint density at radius 3 is 2.87 bits per heavy atom. The van der Waals surface area contributed by atoms with Crippen LogP contribution in [0.3, 0.4) is 0 Å². The topological polar surface area (TPSA) is 41.1 Å². The molecule has 0 saturated heterocycles. The maximum atomic E-state index is 13.0. The molecule has 1 aliphatic heterocycles. The molecule has 1 aromatic carbocycles. The number of halogens is 1. The molecule has 1 amide bonds. The predicted molar refractivity (Wildman–Crippen MR) is 56.0 cm³/mol. The molecule has 0 aromatic heterocycles. The third-order valence-electron chi connectivity index (χ3n) is 2.34. The van der Waals surface area contributed by atoms with Crippen molar-refractivity contribution in [1.82, 2.24) is 5.32 Å². The van der Waals surface area contributed by atoms with Crippen LogP contribution in [0.1, 0.15) is 25.5 Å². The molecule has 1 unspecified atom stereocenters. The van der Waals surface area contributed by atoms with Gasteiger partial charge in [-0.2, -0.15) is 0 Å². The first-order chi connectivity index (χ1) is 7.08. The molecule has 1 aromatic rings. The lowest BCUT2D eigenvalue weighted by Gasteiger charge is -2.14. The summed E-state index contributed by atoms with van der Waals surface area (Å²) in [7, 11) is 0. The molecule has 0 bridgehead atoms. The Labute approximate surface area is 87.7 Å². The molecule has 3 nitrogen and oxygen atoms in total. The quantitative estimate of drug-likeness (QED) is 0.778. The van der Waals surface area contributed by atoms with Crippen LogP contribution >= 0.6 is 0 Å². The lowest BCUT2D eigenvalue weighted by atomic mass is 10.1. The largest absolute Gasteiger partial charge is 0.324 e. The van der Waals surface area contributed by atoms with Crippen LogP contribution in [-0.2, 0) is 4.79 Å². The van der Waals surface area contributed by atoms with Crippen LogP contribution in [-0.4, -0.2) is 11.9 Å². The Balaban J connectivity index is 2.35. The minimum Gasteiger partial charge on any atom is -0.324 e. The molecule has 4 heteroatoms. The number of fused-ring (bicyclic) bond motifs is 1. The standard InChI is InChI=1S/C11H13FN2O/c1-6(2)13-10-8-5-7(12)3-4-9(8)14-11(10)15/h3-6,10,13H,1-2H3,(H,14,15). The van der Waals surface area contributed by atoms with Crippen molar-refractivity contribution < 1.29 is 9.18 Å². The average molecular weight is 208 g/mol. The summed E-state index contributed by atoms with van der Waals surface area (Å²) in [6.07, 6.45) is 0. The Morgan fingerprint density at radius 1 is 1.47 bits per heavy atom. The molecule has 15 heavy (non-hydrogen) atoms. The number of benzene rings is 1. The van der Waals surface area contributed by atoms with Gasteiger partial charge in [0.2, 0.25) is 5.91 Å². The number of hydrogen-bond donors (Lipinski definition) is 2. The third kappa shape index (κ3) is 1.85. The normalized spacial score (nSPS) is 19.2. The summed E-state index contributed by atoms with van der Waals surface area (Å²) in [6.45, 7) is 3.90. The van der Waals surface area contributed by atoms with Crippen LogP contribution in [0.5, 0.6) is 0 Å². The van der Waals surface area contributed by atoms with Crippen LogP contribution in [0.15, 0.2) is 18.2 Å².